The van der Waals surface area contributed by atoms with Gasteiger partial charge >= 0.3 is 5.97 Å². The Morgan fingerprint density at radius 3 is 2.56 bits per heavy atom. The van der Waals surface area contributed by atoms with E-state index in [1.807, 2.05) is 54.6 Å². The lowest BCUT2D eigenvalue weighted by atomic mass is 9.87. The summed E-state index contributed by atoms with van der Waals surface area (Å²) in [6, 6.07) is 17.4. The molecule has 2 heterocycles. The lowest BCUT2D eigenvalue weighted by Crippen LogP contribution is -2.34. The van der Waals surface area contributed by atoms with Crippen molar-refractivity contribution in [1.82, 2.24) is 15.3 Å². The summed E-state index contributed by atoms with van der Waals surface area (Å²) >= 11 is 0. The number of carbonyl (C=O) groups excluding carboxylic acids is 2. The van der Waals surface area contributed by atoms with Crippen LogP contribution in [-0.2, 0) is 9.53 Å². The molecule has 0 radical (unpaired) electrons. The van der Waals surface area contributed by atoms with Crippen molar-refractivity contribution in [3.05, 3.63) is 72.1 Å². The molecule has 4 rings (SSSR count). The van der Waals surface area contributed by atoms with Crippen LogP contribution in [0.1, 0.15) is 55.1 Å². The summed E-state index contributed by atoms with van der Waals surface area (Å²) in [5.74, 6) is -0.0560. The number of nitrogens with one attached hydrogen (secondary N) is 1. The Morgan fingerprint density at radius 2 is 1.81 bits per heavy atom. The smallest absolute Gasteiger partial charge is 0.309 e. The van der Waals surface area contributed by atoms with Gasteiger partial charge in [0.15, 0.2) is 0 Å². The number of rotatable bonds is 8. The number of carbonyl (C=O) groups is 2. The van der Waals surface area contributed by atoms with Crippen molar-refractivity contribution < 1.29 is 14.3 Å². The number of benzene rings is 2. The summed E-state index contributed by atoms with van der Waals surface area (Å²) in [6.07, 6.45) is 3.75. The van der Waals surface area contributed by atoms with Crippen molar-refractivity contribution >= 4 is 22.9 Å². The zero-order valence-electron chi connectivity index (χ0n) is 18.5. The van der Waals surface area contributed by atoms with E-state index in [9.17, 15) is 9.59 Å². The molecule has 1 unspecified atom stereocenters. The number of esters is 1. The number of hydrogen-bond acceptors (Lipinski definition) is 5. The number of nitrogens with zero attached hydrogens (tertiary/aromatic N) is 2. The molecule has 6 heteroatoms. The zero-order valence-corrected chi connectivity index (χ0v) is 18.5. The van der Waals surface area contributed by atoms with E-state index in [0.29, 0.717) is 24.4 Å². The maximum Gasteiger partial charge on any atom is 0.309 e. The second kappa shape index (κ2) is 9.90. The Kier molecular flexibility index (Phi) is 6.78. The monoisotopic (exact) mass is 431 g/mol. The fourth-order valence-corrected chi connectivity index (χ4v) is 4.21. The first-order valence-electron chi connectivity index (χ1n) is 11.3. The van der Waals surface area contributed by atoms with Gasteiger partial charge in [-0.2, -0.15) is 0 Å². The number of cyclic esters (lactones) is 1. The summed E-state index contributed by atoms with van der Waals surface area (Å²) in [4.78, 5) is 34.1. The highest BCUT2D eigenvalue weighted by atomic mass is 16.6. The van der Waals surface area contributed by atoms with Gasteiger partial charge in [0.05, 0.1) is 23.1 Å². The van der Waals surface area contributed by atoms with Gasteiger partial charge in [0.1, 0.15) is 11.8 Å². The second-order valence-electron chi connectivity index (χ2n) is 8.85. The van der Waals surface area contributed by atoms with E-state index in [1.165, 1.54) is 6.20 Å². The van der Waals surface area contributed by atoms with E-state index < -0.39 is 0 Å². The van der Waals surface area contributed by atoms with E-state index in [1.54, 1.807) is 0 Å². The van der Waals surface area contributed by atoms with Crippen molar-refractivity contribution in [2.24, 2.45) is 11.8 Å². The van der Waals surface area contributed by atoms with Crippen molar-refractivity contribution in [3.8, 4) is 0 Å². The maximum absolute atomic E-state index is 12.8. The third-order valence-corrected chi connectivity index (χ3v) is 6.05. The van der Waals surface area contributed by atoms with Gasteiger partial charge in [-0.15, -0.1) is 0 Å². The van der Waals surface area contributed by atoms with Crippen molar-refractivity contribution in [1.29, 1.82) is 0 Å². The molecule has 3 atom stereocenters. The first-order valence-corrected chi connectivity index (χ1v) is 11.3. The Hall–Kier alpha value is -3.28. The average Bonchev–Trinajstić information content (AvgIpc) is 3.18. The Bertz CT molecular complexity index is 1080. The fourth-order valence-electron chi connectivity index (χ4n) is 4.21. The van der Waals surface area contributed by atoms with Crippen molar-refractivity contribution in [2.75, 3.05) is 6.54 Å². The van der Waals surface area contributed by atoms with Gasteiger partial charge < -0.3 is 10.1 Å². The largest absolute Gasteiger partial charge is 0.461 e. The van der Waals surface area contributed by atoms with E-state index in [4.69, 9.17) is 4.74 Å². The van der Waals surface area contributed by atoms with Crippen LogP contribution in [0.4, 0.5) is 0 Å². The number of amides is 1. The molecule has 1 aliphatic rings. The molecular formula is C26H29N3O3. The quantitative estimate of drug-likeness (QED) is 0.531. The molecule has 1 aliphatic heterocycles. The molecule has 1 amide bonds. The van der Waals surface area contributed by atoms with Gasteiger partial charge in [0.25, 0.3) is 5.91 Å². The number of fused-ring (bicyclic) bond motifs is 1. The molecule has 1 fully saturated rings. The molecule has 6 nitrogen and oxygen atoms in total. The van der Waals surface area contributed by atoms with E-state index >= 15 is 0 Å². The molecule has 0 aliphatic carbocycles. The third-order valence-electron chi connectivity index (χ3n) is 6.05. The summed E-state index contributed by atoms with van der Waals surface area (Å²) in [5.41, 5.74) is 2.74. The first-order chi connectivity index (χ1) is 15.5. The number of hydrogen-bond donors (Lipinski definition) is 1. The van der Waals surface area contributed by atoms with Crippen LogP contribution in [-0.4, -0.2) is 34.5 Å². The Morgan fingerprint density at radius 1 is 1.09 bits per heavy atom. The number of ether oxygens (including phenoxy) is 1. The lowest BCUT2D eigenvalue weighted by Gasteiger charge is -2.23. The highest BCUT2D eigenvalue weighted by Gasteiger charge is 2.39. The van der Waals surface area contributed by atoms with Crippen molar-refractivity contribution in [3.63, 3.8) is 0 Å². The molecule has 1 aromatic heterocycles. The minimum absolute atomic E-state index is 0.0735. The number of aromatic nitrogens is 2. The summed E-state index contributed by atoms with van der Waals surface area (Å²) < 4.78 is 5.80. The Labute approximate surface area is 188 Å². The molecule has 2 aromatic carbocycles. The highest BCUT2D eigenvalue weighted by Crippen LogP contribution is 2.35. The molecule has 32 heavy (non-hydrogen) atoms. The van der Waals surface area contributed by atoms with Gasteiger partial charge in [-0.05, 0) is 36.5 Å². The minimum Gasteiger partial charge on any atom is -0.461 e. The van der Waals surface area contributed by atoms with Gasteiger partial charge in [0.2, 0.25) is 0 Å². The molecule has 0 spiro atoms. The highest BCUT2D eigenvalue weighted by molar-refractivity contribution is 5.93. The van der Waals surface area contributed by atoms with E-state index in [-0.39, 0.29) is 35.5 Å². The normalized spacial score (nSPS) is 19.2. The summed E-state index contributed by atoms with van der Waals surface area (Å²) in [6.45, 7) is 4.68. The third kappa shape index (κ3) is 5.13. The van der Waals surface area contributed by atoms with Crippen LogP contribution < -0.4 is 5.32 Å². The van der Waals surface area contributed by atoms with E-state index in [2.05, 4.69) is 29.1 Å². The van der Waals surface area contributed by atoms with Crippen LogP contribution in [0.15, 0.2) is 60.8 Å². The predicted molar refractivity (Wildman–Crippen MR) is 123 cm³/mol. The summed E-state index contributed by atoms with van der Waals surface area (Å²) in [5, 5.41) is 2.99. The van der Waals surface area contributed by atoms with E-state index in [0.717, 1.165) is 23.9 Å². The molecule has 3 aromatic rings. The average molecular weight is 432 g/mol. The van der Waals surface area contributed by atoms with Gasteiger partial charge in [-0.3, -0.25) is 14.6 Å². The molecule has 1 saturated heterocycles. The van der Waals surface area contributed by atoms with Crippen LogP contribution in [0.25, 0.3) is 11.0 Å². The predicted octanol–water partition coefficient (Wildman–Crippen LogP) is 4.51. The minimum atomic E-state index is -0.287. The molecule has 0 bridgehead atoms. The SMILES string of the molecule is CC(C)CC[C@@H]1CC([C@H](CNC(=O)c2cnc3ccccc3n2)c2ccccc2)OC1=O. The standard InChI is InChI=1S/C26H29N3O3/c1-17(2)12-13-19-14-24(32-26(19)31)20(18-8-4-3-5-9-18)15-28-25(30)23-16-27-21-10-6-7-11-22(21)29-23/h3-11,16-17,19-20,24H,12-15H2,1-2H3,(H,28,30)/t19-,20-,24?/m1/s1. The second-order valence-corrected chi connectivity index (χ2v) is 8.85. The van der Waals surface area contributed by atoms with Gasteiger partial charge in [-0.25, -0.2) is 4.98 Å². The molecule has 0 saturated carbocycles. The zero-order chi connectivity index (χ0) is 22.5. The van der Waals surface area contributed by atoms with Gasteiger partial charge in [0, 0.05) is 12.5 Å². The number of para-hydroxylation sites is 2. The maximum atomic E-state index is 12.8. The van der Waals surface area contributed by atoms with Crippen molar-refractivity contribution in [2.45, 2.75) is 45.1 Å². The van der Waals surface area contributed by atoms with Crippen LogP contribution in [0, 0.1) is 11.8 Å². The topological polar surface area (TPSA) is 81.2 Å². The molecule has 166 valence electrons. The lowest BCUT2D eigenvalue weighted by molar-refractivity contribution is -0.145. The fraction of sp³-hybridized carbons (Fsp3) is 0.385. The van der Waals surface area contributed by atoms with Crippen LogP contribution >= 0.6 is 0 Å². The first kappa shape index (κ1) is 21.9. The Balaban J connectivity index is 1.47. The summed E-state index contributed by atoms with van der Waals surface area (Å²) in [7, 11) is 0. The van der Waals surface area contributed by atoms with Crippen LogP contribution in [0.3, 0.4) is 0 Å². The van der Waals surface area contributed by atoms with Gasteiger partial charge in [-0.1, -0.05) is 62.7 Å². The van der Waals surface area contributed by atoms with Crippen LogP contribution in [0.5, 0.6) is 0 Å². The van der Waals surface area contributed by atoms with Crippen LogP contribution in [0.2, 0.25) is 0 Å². The molecule has 1 N–H and O–H groups in total. The molecular weight excluding hydrogens is 402 g/mol.